The van der Waals surface area contributed by atoms with Crippen LogP contribution in [0, 0.1) is 5.92 Å². The van der Waals surface area contributed by atoms with Crippen molar-refractivity contribution in [1.29, 1.82) is 0 Å². The monoisotopic (exact) mass is 571 g/mol. The van der Waals surface area contributed by atoms with Crippen LogP contribution in [-0.2, 0) is 24.5 Å². The zero-order chi connectivity index (χ0) is 29.3. The number of carbonyl (C=O) groups excluding carboxylic acids is 3. The fourth-order valence-electron chi connectivity index (χ4n) is 4.91. The van der Waals surface area contributed by atoms with Crippen molar-refractivity contribution in [3.63, 3.8) is 0 Å². The summed E-state index contributed by atoms with van der Waals surface area (Å²) in [6, 6.07) is 14.4. The highest BCUT2D eigenvalue weighted by atomic mass is 35.5. The summed E-state index contributed by atoms with van der Waals surface area (Å²) >= 11 is 6.26. The zero-order valence-electron chi connectivity index (χ0n) is 23.1. The molecule has 1 unspecified atom stereocenters. The third-order valence-corrected chi connectivity index (χ3v) is 7.54. The molecule has 1 fully saturated rings. The first-order chi connectivity index (χ1) is 19.0. The lowest BCUT2D eigenvalue weighted by molar-refractivity contribution is -0.142. The van der Waals surface area contributed by atoms with Crippen LogP contribution >= 0.6 is 11.6 Å². The highest BCUT2D eigenvalue weighted by Gasteiger charge is 2.37. The lowest BCUT2D eigenvalue weighted by Gasteiger charge is -2.35. The van der Waals surface area contributed by atoms with Crippen LogP contribution in [-0.4, -0.2) is 47.6 Å². The summed E-state index contributed by atoms with van der Waals surface area (Å²) in [6.07, 6.45) is 0.628. The Morgan fingerprint density at radius 3 is 2.42 bits per heavy atom. The number of carbonyl (C=O) groups is 4. The highest BCUT2D eigenvalue weighted by molar-refractivity contribution is 6.30. The van der Waals surface area contributed by atoms with Crippen LogP contribution in [0.1, 0.15) is 70.1 Å². The molecule has 0 spiro atoms. The minimum atomic E-state index is -1.26. The number of hydrogen-bond acceptors (Lipinski definition) is 5. The van der Waals surface area contributed by atoms with E-state index in [0.29, 0.717) is 30.8 Å². The van der Waals surface area contributed by atoms with E-state index in [1.807, 2.05) is 69.3 Å². The first-order valence-electron chi connectivity index (χ1n) is 13.6. The minimum absolute atomic E-state index is 0.0260. The van der Waals surface area contributed by atoms with Crippen molar-refractivity contribution in [2.75, 3.05) is 6.54 Å². The molecular weight excluding hydrogens is 534 g/mol. The zero-order valence-corrected chi connectivity index (χ0v) is 23.9. The molecule has 3 rings (SSSR count). The van der Waals surface area contributed by atoms with Gasteiger partial charge in [-0.2, -0.15) is 0 Å². The number of halogens is 1. The van der Waals surface area contributed by atoms with Gasteiger partial charge in [-0.05, 0) is 42.5 Å². The van der Waals surface area contributed by atoms with Gasteiger partial charge in [0, 0.05) is 22.9 Å². The average molecular weight is 572 g/mol. The number of carboxylic acid groups (broad SMARTS) is 1. The number of carboxylic acids is 1. The Kier molecular flexibility index (Phi) is 11.0. The second-order valence-electron chi connectivity index (χ2n) is 10.7. The molecule has 1 saturated heterocycles. The van der Waals surface area contributed by atoms with E-state index in [-0.39, 0.29) is 12.3 Å². The van der Waals surface area contributed by atoms with Gasteiger partial charge in [-0.15, -0.1) is 0 Å². The number of unbranched alkanes of at least 4 members (excludes halogenated alkanes) is 1. The fourth-order valence-corrected chi connectivity index (χ4v) is 5.10. The molecule has 0 radical (unpaired) electrons. The van der Waals surface area contributed by atoms with Crippen LogP contribution in [0.25, 0.3) is 0 Å². The van der Waals surface area contributed by atoms with Crippen molar-refractivity contribution >= 4 is 35.5 Å². The van der Waals surface area contributed by atoms with Crippen LogP contribution in [0.2, 0.25) is 5.02 Å². The Morgan fingerprint density at radius 1 is 1.10 bits per heavy atom. The second-order valence-corrected chi connectivity index (χ2v) is 11.1. The average Bonchev–Trinajstić information content (AvgIpc) is 3.33. The Labute approximate surface area is 240 Å². The van der Waals surface area contributed by atoms with E-state index >= 15 is 0 Å². The lowest BCUT2D eigenvalue weighted by Crippen LogP contribution is -2.52. The molecule has 40 heavy (non-hydrogen) atoms. The number of nitrogens with one attached hydrogen (secondary N) is 3. The normalized spacial score (nSPS) is 17.3. The Hall–Kier alpha value is -3.59. The van der Waals surface area contributed by atoms with Crippen LogP contribution in [0.15, 0.2) is 54.6 Å². The molecule has 0 aromatic heterocycles. The maximum Gasteiger partial charge on any atom is 0.408 e. The van der Waals surface area contributed by atoms with Crippen molar-refractivity contribution < 1.29 is 29.0 Å². The molecule has 0 aliphatic carbocycles. The van der Waals surface area contributed by atoms with E-state index in [1.54, 1.807) is 6.07 Å². The molecule has 216 valence electrons. The first kappa shape index (κ1) is 30.9. The van der Waals surface area contributed by atoms with E-state index in [4.69, 9.17) is 16.3 Å². The van der Waals surface area contributed by atoms with Crippen molar-refractivity contribution in [3.8, 4) is 0 Å². The van der Waals surface area contributed by atoms with E-state index in [1.165, 1.54) is 0 Å². The van der Waals surface area contributed by atoms with Crippen molar-refractivity contribution in [3.05, 3.63) is 70.7 Å². The van der Waals surface area contributed by atoms with Gasteiger partial charge in [-0.25, -0.2) is 9.59 Å². The summed E-state index contributed by atoms with van der Waals surface area (Å²) < 4.78 is 5.99. The van der Waals surface area contributed by atoms with Crippen molar-refractivity contribution in [2.45, 2.75) is 76.5 Å². The number of aliphatic carboxylic acids is 1. The standard InChI is InChI=1S/C30H38ClN3O6/c1-4-5-14-23(27(36)33-24(28(37)38)17-20-15-16-32-26(20)35)34-29(39)40-25(19-10-7-6-8-11-19)30(2,3)21-12-9-13-22(31)18-21/h6-13,18,20,23-25H,4-5,14-17H2,1-3H3,(H,32,35)(H,33,36)(H,34,39)(H,37,38)/t20-,23-,24-,25?/m0/s1. The largest absolute Gasteiger partial charge is 0.480 e. The van der Waals surface area contributed by atoms with Gasteiger partial charge in [0.15, 0.2) is 0 Å². The molecule has 4 N–H and O–H groups in total. The lowest BCUT2D eigenvalue weighted by atomic mass is 9.76. The van der Waals surface area contributed by atoms with Crippen molar-refractivity contribution in [2.24, 2.45) is 5.92 Å². The number of ether oxygens (including phenoxy) is 1. The van der Waals surface area contributed by atoms with Gasteiger partial charge in [0.2, 0.25) is 11.8 Å². The molecule has 1 aliphatic rings. The molecule has 1 heterocycles. The van der Waals surface area contributed by atoms with Crippen molar-refractivity contribution in [1.82, 2.24) is 16.0 Å². The molecular formula is C30H38ClN3O6. The predicted molar refractivity (Wildman–Crippen MR) is 152 cm³/mol. The summed E-state index contributed by atoms with van der Waals surface area (Å²) in [5.41, 5.74) is 0.932. The number of amides is 3. The molecule has 2 aromatic carbocycles. The minimum Gasteiger partial charge on any atom is -0.480 e. The Bertz CT molecular complexity index is 1190. The molecule has 0 saturated carbocycles. The van der Waals surface area contributed by atoms with Gasteiger partial charge in [0.1, 0.15) is 18.2 Å². The molecule has 1 aliphatic heterocycles. The van der Waals surface area contributed by atoms with Gasteiger partial charge >= 0.3 is 12.1 Å². The van der Waals surface area contributed by atoms with Crippen LogP contribution in [0.5, 0.6) is 0 Å². The third kappa shape index (κ3) is 8.21. The van der Waals surface area contributed by atoms with Gasteiger partial charge < -0.3 is 25.8 Å². The smallest absolute Gasteiger partial charge is 0.408 e. The quantitative estimate of drug-likeness (QED) is 0.274. The van der Waals surface area contributed by atoms with E-state index in [9.17, 15) is 24.3 Å². The Balaban J connectivity index is 1.78. The van der Waals surface area contributed by atoms with Crippen LogP contribution in [0.3, 0.4) is 0 Å². The van der Waals surface area contributed by atoms with Gasteiger partial charge in [0.05, 0.1) is 0 Å². The Morgan fingerprint density at radius 2 is 1.82 bits per heavy atom. The summed E-state index contributed by atoms with van der Waals surface area (Å²) in [6.45, 7) is 6.32. The van der Waals surface area contributed by atoms with E-state index in [0.717, 1.165) is 17.5 Å². The number of hydrogen-bond donors (Lipinski definition) is 4. The van der Waals surface area contributed by atoms with Crippen LogP contribution in [0.4, 0.5) is 4.79 Å². The molecule has 10 heteroatoms. The topological polar surface area (TPSA) is 134 Å². The molecule has 9 nitrogen and oxygen atoms in total. The number of alkyl carbamates (subject to hydrolysis) is 1. The molecule has 3 amide bonds. The summed E-state index contributed by atoms with van der Waals surface area (Å²) in [4.78, 5) is 50.3. The summed E-state index contributed by atoms with van der Waals surface area (Å²) in [5.74, 6) is -2.59. The molecule has 0 bridgehead atoms. The summed E-state index contributed by atoms with van der Waals surface area (Å²) in [7, 11) is 0. The van der Waals surface area contributed by atoms with E-state index in [2.05, 4.69) is 16.0 Å². The number of benzene rings is 2. The second kappa shape index (κ2) is 14.2. The summed E-state index contributed by atoms with van der Waals surface area (Å²) in [5, 5.41) is 18.1. The first-order valence-corrected chi connectivity index (χ1v) is 14.0. The van der Waals surface area contributed by atoms with E-state index < -0.39 is 47.5 Å². The SMILES string of the molecule is CCCC[C@H](NC(=O)OC(c1ccccc1)C(C)(C)c1cccc(Cl)c1)C(=O)N[C@@H](C[C@@H]1CCNC1=O)C(=O)O. The van der Waals surface area contributed by atoms with Gasteiger partial charge in [-0.3, -0.25) is 9.59 Å². The van der Waals surface area contributed by atoms with Crippen LogP contribution < -0.4 is 16.0 Å². The molecule has 4 atom stereocenters. The maximum absolute atomic E-state index is 13.3. The highest BCUT2D eigenvalue weighted by Crippen LogP contribution is 2.40. The van der Waals surface area contributed by atoms with Gasteiger partial charge in [-0.1, -0.05) is 87.7 Å². The predicted octanol–water partition coefficient (Wildman–Crippen LogP) is 4.74. The molecule has 2 aromatic rings. The van der Waals surface area contributed by atoms with Gasteiger partial charge in [0.25, 0.3) is 0 Å². The fraction of sp³-hybridized carbons (Fsp3) is 0.467. The maximum atomic E-state index is 13.3. The third-order valence-electron chi connectivity index (χ3n) is 7.30. The number of rotatable bonds is 13.